The van der Waals surface area contributed by atoms with E-state index in [1.165, 1.54) is 0 Å². The molecular weight excluding hydrogens is 370 g/mol. The molecule has 3 aromatic rings. The molecule has 6 heteroatoms. The van der Waals surface area contributed by atoms with Crippen molar-refractivity contribution in [3.05, 3.63) is 71.7 Å². The first kappa shape index (κ1) is 20.3. The highest BCUT2D eigenvalue weighted by molar-refractivity contribution is 5.95. The number of carbonyl (C=O) groups is 1. The lowest BCUT2D eigenvalue weighted by atomic mass is 10.1. The Morgan fingerprint density at radius 3 is 2.24 bits per heavy atom. The number of carbonyl (C=O) groups excluding carboxylic acids is 1. The second kappa shape index (κ2) is 9.19. The van der Waals surface area contributed by atoms with Crippen molar-refractivity contribution in [2.24, 2.45) is 0 Å². The normalized spacial score (nSPS) is 10.5. The molecule has 0 saturated heterocycles. The van der Waals surface area contributed by atoms with Crippen LogP contribution < -0.4 is 19.1 Å². The zero-order chi connectivity index (χ0) is 20.8. The minimum atomic E-state index is -0.0872. The molecule has 0 atom stereocenters. The molecule has 3 rings (SSSR count). The van der Waals surface area contributed by atoms with Crippen molar-refractivity contribution >= 4 is 11.6 Å². The Morgan fingerprint density at radius 1 is 0.931 bits per heavy atom. The van der Waals surface area contributed by atoms with Gasteiger partial charge in [-0.25, -0.2) is 0 Å². The molecule has 1 aromatic heterocycles. The van der Waals surface area contributed by atoms with E-state index in [0.29, 0.717) is 35.1 Å². The summed E-state index contributed by atoms with van der Waals surface area (Å²) in [4.78, 5) is 15.0. The van der Waals surface area contributed by atoms with Gasteiger partial charge in [-0.3, -0.25) is 4.79 Å². The maximum Gasteiger partial charge on any atom is 0.231 e. The van der Waals surface area contributed by atoms with Crippen LogP contribution in [0.3, 0.4) is 0 Å². The molecule has 0 aliphatic carbocycles. The highest BCUT2D eigenvalue weighted by Gasteiger charge is 2.22. The van der Waals surface area contributed by atoms with Gasteiger partial charge in [0.2, 0.25) is 11.7 Å². The average Bonchev–Trinajstić information content (AvgIpc) is 3.25. The highest BCUT2D eigenvalue weighted by Crippen LogP contribution is 2.40. The third-order valence-corrected chi connectivity index (χ3v) is 4.67. The fourth-order valence-corrected chi connectivity index (χ4v) is 3.17. The number of nitrogens with zero attached hydrogens (tertiary/aromatic N) is 1. The molecule has 0 saturated carbocycles. The van der Waals surface area contributed by atoms with Crippen molar-refractivity contribution in [1.29, 1.82) is 0 Å². The Kier molecular flexibility index (Phi) is 6.44. The molecule has 1 amide bonds. The van der Waals surface area contributed by atoms with Crippen LogP contribution in [0.25, 0.3) is 0 Å². The summed E-state index contributed by atoms with van der Waals surface area (Å²) in [5, 5.41) is 0. The standard InChI is InChI=1S/C23H25NO5/c1-16-7-10-18(11-8-16)24(15-19-6-5-13-29-19)21(25)14-17-9-12-20(26-2)23(28-4)22(17)27-3/h5-13H,14-15H2,1-4H3. The van der Waals surface area contributed by atoms with Crippen LogP contribution in [0.4, 0.5) is 5.69 Å². The van der Waals surface area contributed by atoms with E-state index in [2.05, 4.69) is 0 Å². The maximum absolute atomic E-state index is 13.3. The van der Waals surface area contributed by atoms with E-state index in [9.17, 15) is 4.79 Å². The number of anilines is 1. The first-order valence-electron chi connectivity index (χ1n) is 9.24. The Hall–Kier alpha value is -3.41. The summed E-state index contributed by atoms with van der Waals surface area (Å²) in [6.07, 6.45) is 1.74. The molecule has 0 radical (unpaired) electrons. The Balaban J connectivity index is 1.93. The number of aryl methyl sites for hydroxylation is 1. The molecule has 29 heavy (non-hydrogen) atoms. The Morgan fingerprint density at radius 2 is 1.66 bits per heavy atom. The number of hydrogen-bond donors (Lipinski definition) is 0. The summed E-state index contributed by atoms with van der Waals surface area (Å²) in [7, 11) is 4.65. The van der Waals surface area contributed by atoms with Crippen molar-refractivity contribution in [2.75, 3.05) is 26.2 Å². The Labute approximate surface area is 170 Å². The van der Waals surface area contributed by atoms with Gasteiger partial charge >= 0.3 is 0 Å². The number of furan rings is 1. The number of hydrogen-bond acceptors (Lipinski definition) is 5. The van der Waals surface area contributed by atoms with Gasteiger partial charge in [0, 0.05) is 11.3 Å². The predicted molar refractivity (Wildman–Crippen MR) is 111 cm³/mol. The van der Waals surface area contributed by atoms with Gasteiger partial charge in [-0.05, 0) is 37.3 Å². The van der Waals surface area contributed by atoms with E-state index in [1.807, 2.05) is 49.4 Å². The molecule has 0 spiro atoms. The molecule has 0 aliphatic heterocycles. The number of methoxy groups -OCH3 is 3. The topological polar surface area (TPSA) is 61.1 Å². The van der Waals surface area contributed by atoms with Crippen LogP contribution in [0.5, 0.6) is 17.2 Å². The average molecular weight is 395 g/mol. The molecule has 1 heterocycles. The highest BCUT2D eigenvalue weighted by atomic mass is 16.5. The van der Waals surface area contributed by atoms with Crippen molar-refractivity contribution in [3.63, 3.8) is 0 Å². The molecular formula is C23H25NO5. The summed E-state index contributed by atoms with van der Waals surface area (Å²) >= 11 is 0. The fourth-order valence-electron chi connectivity index (χ4n) is 3.17. The molecule has 0 fully saturated rings. The molecule has 2 aromatic carbocycles. The molecule has 6 nitrogen and oxygen atoms in total. The summed E-state index contributed by atoms with van der Waals surface area (Å²) < 4.78 is 21.7. The lowest BCUT2D eigenvalue weighted by molar-refractivity contribution is -0.118. The summed E-state index contributed by atoms with van der Waals surface area (Å²) in [5.41, 5.74) is 2.64. The summed E-state index contributed by atoms with van der Waals surface area (Å²) in [5.74, 6) is 2.12. The monoisotopic (exact) mass is 395 g/mol. The van der Waals surface area contributed by atoms with E-state index in [1.54, 1.807) is 38.6 Å². The van der Waals surface area contributed by atoms with E-state index < -0.39 is 0 Å². The van der Waals surface area contributed by atoms with Gasteiger partial charge < -0.3 is 23.5 Å². The van der Waals surface area contributed by atoms with Gasteiger partial charge in [-0.1, -0.05) is 23.8 Å². The molecule has 0 aliphatic rings. The van der Waals surface area contributed by atoms with Crippen molar-refractivity contribution in [3.8, 4) is 17.2 Å². The van der Waals surface area contributed by atoms with E-state index in [-0.39, 0.29) is 12.3 Å². The number of rotatable bonds is 8. The van der Waals surface area contributed by atoms with Crippen LogP contribution in [-0.4, -0.2) is 27.2 Å². The predicted octanol–water partition coefficient (Wildman–Crippen LogP) is 4.39. The van der Waals surface area contributed by atoms with Gasteiger partial charge in [0.05, 0.1) is 40.6 Å². The van der Waals surface area contributed by atoms with Crippen LogP contribution >= 0.6 is 0 Å². The zero-order valence-electron chi connectivity index (χ0n) is 17.1. The minimum absolute atomic E-state index is 0.0872. The van der Waals surface area contributed by atoms with Crippen molar-refractivity contribution in [2.45, 2.75) is 19.9 Å². The third-order valence-electron chi connectivity index (χ3n) is 4.67. The van der Waals surface area contributed by atoms with Gasteiger partial charge in [-0.2, -0.15) is 0 Å². The van der Waals surface area contributed by atoms with Crippen LogP contribution in [0, 0.1) is 6.92 Å². The third kappa shape index (κ3) is 4.54. The number of ether oxygens (including phenoxy) is 3. The maximum atomic E-state index is 13.3. The minimum Gasteiger partial charge on any atom is -0.493 e. The second-order valence-electron chi connectivity index (χ2n) is 6.57. The molecule has 0 N–H and O–H groups in total. The molecule has 0 unspecified atom stereocenters. The van der Waals surface area contributed by atoms with Crippen LogP contribution in [0.15, 0.2) is 59.2 Å². The van der Waals surface area contributed by atoms with Crippen molar-refractivity contribution < 1.29 is 23.4 Å². The number of amides is 1. The lowest BCUT2D eigenvalue weighted by Gasteiger charge is -2.23. The van der Waals surface area contributed by atoms with Gasteiger partial charge in [0.15, 0.2) is 11.5 Å². The van der Waals surface area contributed by atoms with Crippen molar-refractivity contribution in [1.82, 2.24) is 0 Å². The van der Waals surface area contributed by atoms with Crippen LogP contribution in [0.1, 0.15) is 16.9 Å². The van der Waals surface area contributed by atoms with Crippen LogP contribution in [0.2, 0.25) is 0 Å². The van der Waals surface area contributed by atoms with Gasteiger partial charge in [0.1, 0.15) is 5.76 Å². The van der Waals surface area contributed by atoms with E-state index in [0.717, 1.165) is 11.3 Å². The second-order valence-corrected chi connectivity index (χ2v) is 6.57. The summed E-state index contributed by atoms with van der Waals surface area (Å²) in [6, 6.07) is 15.1. The fraction of sp³-hybridized carbons (Fsp3) is 0.261. The first-order chi connectivity index (χ1) is 14.1. The SMILES string of the molecule is COc1ccc(CC(=O)N(Cc2ccco2)c2ccc(C)cc2)c(OC)c1OC. The van der Waals surface area contributed by atoms with E-state index >= 15 is 0 Å². The summed E-state index contributed by atoms with van der Waals surface area (Å²) in [6.45, 7) is 2.35. The number of benzene rings is 2. The smallest absolute Gasteiger partial charge is 0.231 e. The Bertz CT molecular complexity index is 948. The zero-order valence-corrected chi connectivity index (χ0v) is 17.1. The first-order valence-corrected chi connectivity index (χ1v) is 9.24. The largest absolute Gasteiger partial charge is 0.493 e. The van der Waals surface area contributed by atoms with Gasteiger partial charge in [0.25, 0.3) is 0 Å². The molecule has 0 bridgehead atoms. The molecule has 152 valence electrons. The van der Waals surface area contributed by atoms with Gasteiger partial charge in [-0.15, -0.1) is 0 Å². The van der Waals surface area contributed by atoms with Crippen LogP contribution in [-0.2, 0) is 17.8 Å². The lowest BCUT2D eigenvalue weighted by Crippen LogP contribution is -2.31. The quantitative estimate of drug-likeness (QED) is 0.566. The van der Waals surface area contributed by atoms with E-state index in [4.69, 9.17) is 18.6 Å².